The van der Waals surface area contributed by atoms with E-state index in [9.17, 15) is 4.79 Å². The van der Waals surface area contributed by atoms with Crippen molar-refractivity contribution >= 4 is 17.3 Å². The minimum atomic E-state index is -0.167. The van der Waals surface area contributed by atoms with Crippen molar-refractivity contribution in [3.8, 4) is 0 Å². The zero-order valence-corrected chi connectivity index (χ0v) is 10.0. The SMILES string of the molecule is COCCCCNC(=O)c1ccc(N)cc1N. The predicted octanol–water partition coefficient (Wildman–Crippen LogP) is 1.01. The number of amides is 1. The van der Waals surface area contributed by atoms with Gasteiger partial charge in [0.25, 0.3) is 5.91 Å². The number of benzene rings is 1. The van der Waals surface area contributed by atoms with E-state index in [-0.39, 0.29) is 5.91 Å². The Bertz CT molecular complexity index is 380. The molecule has 0 radical (unpaired) electrons. The average Bonchev–Trinajstić information content (AvgIpc) is 2.28. The molecule has 94 valence electrons. The van der Waals surface area contributed by atoms with Crippen LogP contribution in [0.15, 0.2) is 18.2 Å². The first-order valence-corrected chi connectivity index (χ1v) is 5.57. The summed E-state index contributed by atoms with van der Waals surface area (Å²) < 4.78 is 4.92. The lowest BCUT2D eigenvalue weighted by Gasteiger charge is -2.07. The molecule has 5 heteroatoms. The van der Waals surface area contributed by atoms with Gasteiger partial charge in [0.2, 0.25) is 0 Å². The van der Waals surface area contributed by atoms with Crippen LogP contribution in [-0.2, 0) is 4.74 Å². The molecule has 0 saturated carbocycles. The molecule has 0 aliphatic rings. The molecule has 5 N–H and O–H groups in total. The van der Waals surface area contributed by atoms with Crippen molar-refractivity contribution < 1.29 is 9.53 Å². The van der Waals surface area contributed by atoms with Crippen molar-refractivity contribution in [3.63, 3.8) is 0 Å². The highest BCUT2D eigenvalue weighted by Gasteiger charge is 2.08. The number of ether oxygens (including phenoxy) is 1. The minimum Gasteiger partial charge on any atom is -0.399 e. The number of unbranched alkanes of at least 4 members (excludes halogenated alkanes) is 1. The van der Waals surface area contributed by atoms with Crippen LogP contribution in [0.25, 0.3) is 0 Å². The first kappa shape index (κ1) is 13.3. The van der Waals surface area contributed by atoms with E-state index in [4.69, 9.17) is 16.2 Å². The van der Waals surface area contributed by atoms with Crippen LogP contribution in [0.1, 0.15) is 23.2 Å². The van der Waals surface area contributed by atoms with Gasteiger partial charge < -0.3 is 21.5 Å². The van der Waals surface area contributed by atoms with Crippen LogP contribution in [0.5, 0.6) is 0 Å². The van der Waals surface area contributed by atoms with E-state index in [1.807, 2.05) is 0 Å². The maximum Gasteiger partial charge on any atom is 0.253 e. The van der Waals surface area contributed by atoms with Crippen LogP contribution in [0.3, 0.4) is 0 Å². The van der Waals surface area contributed by atoms with Crippen molar-refractivity contribution in [2.24, 2.45) is 0 Å². The summed E-state index contributed by atoms with van der Waals surface area (Å²) in [5.41, 5.74) is 12.7. The number of carbonyl (C=O) groups is 1. The van der Waals surface area contributed by atoms with Crippen LogP contribution >= 0.6 is 0 Å². The highest BCUT2D eigenvalue weighted by molar-refractivity contribution is 5.99. The lowest BCUT2D eigenvalue weighted by Crippen LogP contribution is -2.25. The summed E-state index contributed by atoms with van der Waals surface area (Å²) in [6, 6.07) is 4.88. The maximum absolute atomic E-state index is 11.7. The number of hydrogen-bond donors (Lipinski definition) is 3. The second kappa shape index (κ2) is 6.75. The molecular formula is C12H19N3O2. The zero-order chi connectivity index (χ0) is 12.7. The fourth-order valence-corrected chi connectivity index (χ4v) is 1.46. The number of rotatable bonds is 6. The molecule has 0 atom stereocenters. The van der Waals surface area contributed by atoms with Gasteiger partial charge in [0, 0.05) is 31.6 Å². The van der Waals surface area contributed by atoms with Crippen molar-refractivity contribution in [2.75, 3.05) is 31.7 Å². The van der Waals surface area contributed by atoms with Gasteiger partial charge in [0.15, 0.2) is 0 Å². The van der Waals surface area contributed by atoms with E-state index >= 15 is 0 Å². The normalized spacial score (nSPS) is 10.2. The smallest absolute Gasteiger partial charge is 0.253 e. The molecule has 0 unspecified atom stereocenters. The summed E-state index contributed by atoms with van der Waals surface area (Å²) in [6.45, 7) is 1.33. The van der Waals surface area contributed by atoms with Crippen molar-refractivity contribution in [2.45, 2.75) is 12.8 Å². The van der Waals surface area contributed by atoms with Crippen molar-refractivity contribution in [1.82, 2.24) is 5.32 Å². The van der Waals surface area contributed by atoms with E-state index < -0.39 is 0 Å². The van der Waals surface area contributed by atoms with Gasteiger partial charge in [-0.05, 0) is 31.0 Å². The number of anilines is 2. The van der Waals surface area contributed by atoms with Crippen LogP contribution in [0.2, 0.25) is 0 Å². The van der Waals surface area contributed by atoms with Gasteiger partial charge in [-0.3, -0.25) is 4.79 Å². The van der Waals surface area contributed by atoms with Gasteiger partial charge in [-0.2, -0.15) is 0 Å². The molecule has 1 amide bonds. The Kier molecular flexibility index (Phi) is 5.29. The molecule has 0 aromatic heterocycles. The molecule has 0 saturated heterocycles. The van der Waals surface area contributed by atoms with E-state index in [0.717, 1.165) is 12.8 Å². The molecule has 1 rings (SSSR count). The van der Waals surface area contributed by atoms with E-state index in [1.54, 1.807) is 25.3 Å². The molecule has 0 fully saturated rings. The van der Waals surface area contributed by atoms with E-state index in [1.165, 1.54) is 0 Å². The molecular weight excluding hydrogens is 218 g/mol. The van der Waals surface area contributed by atoms with Gasteiger partial charge >= 0.3 is 0 Å². The molecule has 0 heterocycles. The highest BCUT2D eigenvalue weighted by atomic mass is 16.5. The Hall–Kier alpha value is -1.75. The fourth-order valence-electron chi connectivity index (χ4n) is 1.46. The third kappa shape index (κ3) is 4.32. The van der Waals surface area contributed by atoms with Gasteiger partial charge in [-0.15, -0.1) is 0 Å². The summed E-state index contributed by atoms with van der Waals surface area (Å²) in [7, 11) is 1.66. The maximum atomic E-state index is 11.7. The number of methoxy groups -OCH3 is 1. The van der Waals surface area contributed by atoms with Gasteiger partial charge in [-0.25, -0.2) is 0 Å². The van der Waals surface area contributed by atoms with Gasteiger partial charge in [-0.1, -0.05) is 0 Å². The molecule has 0 bridgehead atoms. The van der Waals surface area contributed by atoms with Crippen LogP contribution < -0.4 is 16.8 Å². The Labute approximate surface area is 101 Å². The number of nitrogens with one attached hydrogen (secondary N) is 1. The van der Waals surface area contributed by atoms with E-state index in [2.05, 4.69) is 5.32 Å². The third-order valence-electron chi connectivity index (χ3n) is 2.38. The Morgan fingerprint density at radius 1 is 1.35 bits per heavy atom. The Balaban J connectivity index is 2.42. The largest absolute Gasteiger partial charge is 0.399 e. The molecule has 1 aromatic carbocycles. The van der Waals surface area contributed by atoms with Crippen LogP contribution in [-0.4, -0.2) is 26.2 Å². The van der Waals surface area contributed by atoms with Crippen LogP contribution in [0, 0.1) is 0 Å². The van der Waals surface area contributed by atoms with Crippen molar-refractivity contribution in [1.29, 1.82) is 0 Å². The molecule has 0 spiro atoms. The lowest BCUT2D eigenvalue weighted by atomic mass is 10.1. The number of carbonyl (C=O) groups excluding carboxylic acids is 1. The standard InChI is InChI=1S/C12H19N3O2/c1-17-7-3-2-6-15-12(16)10-5-4-9(13)8-11(10)14/h4-5,8H,2-3,6-7,13-14H2,1H3,(H,15,16). The molecule has 0 aliphatic heterocycles. The van der Waals surface area contributed by atoms with Crippen molar-refractivity contribution in [3.05, 3.63) is 23.8 Å². The quantitative estimate of drug-likeness (QED) is 0.508. The van der Waals surface area contributed by atoms with Gasteiger partial charge in [0.1, 0.15) is 0 Å². The minimum absolute atomic E-state index is 0.167. The lowest BCUT2D eigenvalue weighted by molar-refractivity contribution is 0.0952. The molecule has 5 nitrogen and oxygen atoms in total. The molecule has 1 aromatic rings. The summed E-state index contributed by atoms with van der Waals surface area (Å²) >= 11 is 0. The first-order chi connectivity index (χ1) is 8.15. The highest BCUT2D eigenvalue weighted by Crippen LogP contribution is 2.15. The summed E-state index contributed by atoms with van der Waals surface area (Å²) in [5, 5.41) is 2.80. The molecule has 0 aliphatic carbocycles. The number of hydrogen-bond acceptors (Lipinski definition) is 4. The first-order valence-electron chi connectivity index (χ1n) is 5.57. The average molecular weight is 237 g/mol. The number of nitrogen functional groups attached to an aromatic ring is 2. The fraction of sp³-hybridized carbons (Fsp3) is 0.417. The Morgan fingerprint density at radius 2 is 2.12 bits per heavy atom. The monoisotopic (exact) mass is 237 g/mol. The van der Waals surface area contributed by atoms with Crippen LogP contribution in [0.4, 0.5) is 11.4 Å². The third-order valence-corrected chi connectivity index (χ3v) is 2.38. The molecule has 17 heavy (non-hydrogen) atoms. The Morgan fingerprint density at radius 3 is 2.76 bits per heavy atom. The van der Waals surface area contributed by atoms with E-state index in [0.29, 0.717) is 30.1 Å². The predicted molar refractivity (Wildman–Crippen MR) is 68.7 cm³/mol. The topological polar surface area (TPSA) is 90.4 Å². The van der Waals surface area contributed by atoms with Gasteiger partial charge in [0.05, 0.1) is 5.56 Å². The second-order valence-electron chi connectivity index (χ2n) is 3.80. The second-order valence-corrected chi connectivity index (χ2v) is 3.80. The summed E-state index contributed by atoms with van der Waals surface area (Å²) in [4.78, 5) is 11.7. The number of nitrogens with two attached hydrogens (primary N) is 2. The summed E-state index contributed by atoms with van der Waals surface area (Å²) in [5.74, 6) is -0.167. The zero-order valence-electron chi connectivity index (χ0n) is 10.0. The summed E-state index contributed by atoms with van der Waals surface area (Å²) in [6.07, 6.45) is 1.81.